The number of carbonyl (C=O) groups excluding carboxylic acids is 1. The van der Waals surface area contributed by atoms with Gasteiger partial charge in [-0.3, -0.25) is 4.79 Å². The van der Waals surface area contributed by atoms with Gasteiger partial charge >= 0.3 is 5.97 Å². The van der Waals surface area contributed by atoms with Gasteiger partial charge in [-0.25, -0.2) is 0 Å². The number of aliphatic hydroxyl groups is 1. The minimum Gasteiger partial charge on any atom is -0.463 e. The molecular weight excluding hydrogens is 392 g/mol. The van der Waals surface area contributed by atoms with Gasteiger partial charge in [-0.2, -0.15) is 0 Å². The van der Waals surface area contributed by atoms with Gasteiger partial charge in [0.2, 0.25) is 0 Å². The van der Waals surface area contributed by atoms with Crippen molar-refractivity contribution in [1.82, 2.24) is 10.6 Å². The first-order valence-corrected chi connectivity index (χ1v) is 13.1. The summed E-state index contributed by atoms with van der Waals surface area (Å²) in [6, 6.07) is 0.320. The minimum absolute atomic E-state index is 0.0125. The van der Waals surface area contributed by atoms with Crippen LogP contribution >= 0.6 is 0 Å². The molecule has 0 amide bonds. The summed E-state index contributed by atoms with van der Waals surface area (Å²) in [6.45, 7) is 5.78. The molecule has 1 saturated heterocycles. The monoisotopic (exact) mass is 442 g/mol. The molecule has 1 rings (SSSR count). The molecule has 0 unspecified atom stereocenters. The summed E-state index contributed by atoms with van der Waals surface area (Å²) in [4.78, 5) is 11.9. The van der Waals surface area contributed by atoms with Crippen LogP contribution in [-0.4, -0.2) is 62.7 Å². The molecule has 0 aromatic rings. The molecule has 0 aliphatic carbocycles. The molecule has 3 N–H and O–H groups in total. The average molecular weight is 443 g/mol. The Morgan fingerprint density at radius 3 is 2.13 bits per heavy atom. The number of aliphatic hydroxyl groups excluding tert-OH is 1. The Hall–Kier alpha value is -0.690. The van der Waals surface area contributed by atoms with Gasteiger partial charge in [0.05, 0.1) is 19.3 Å². The van der Waals surface area contributed by atoms with Gasteiger partial charge in [-0.15, -0.1) is 0 Å². The Balaban J connectivity index is 1.83. The number of esters is 1. The minimum atomic E-state index is -0.0868. The summed E-state index contributed by atoms with van der Waals surface area (Å²) < 4.78 is 11.1. The Morgan fingerprint density at radius 2 is 1.52 bits per heavy atom. The zero-order valence-corrected chi connectivity index (χ0v) is 20.2. The van der Waals surface area contributed by atoms with Crippen molar-refractivity contribution in [1.29, 1.82) is 0 Å². The number of nitrogens with one attached hydrogen (secondary N) is 2. The summed E-state index contributed by atoms with van der Waals surface area (Å²) in [5, 5.41) is 15.3. The van der Waals surface area contributed by atoms with Gasteiger partial charge in [-0.05, 0) is 12.8 Å². The van der Waals surface area contributed by atoms with E-state index in [-0.39, 0.29) is 18.7 Å². The Kier molecular flexibility index (Phi) is 19.4. The molecule has 1 aliphatic rings. The predicted molar refractivity (Wildman–Crippen MR) is 127 cm³/mol. The lowest BCUT2D eigenvalue weighted by atomic mass is 10.0. The van der Waals surface area contributed by atoms with Gasteiger partial charge in [0.1, 0.15) is 6.61 Å². The SMILES string of the molecule is CCCCCCCCCCCCCCCC(=O)OC[C@@H]1C[C@@H](NCCNCCO)CO1. The second kappa shape index (κ2) is 21.2. The summed E-state index contributed by atoms with van der Waals surface area (Å²) >= 11 is 0. The third-order valence-electron chi connectivity index (χ3n) is 6.02. The van der Waals surface area contributed by atoms with E-state index in [4.69, 9.17) is 14.6 Å². The zero-order valence-electron chi connectivity index (χ0n) is 20.2. The molecule has 0 bridgehead atoms. The molecule has 0 saturated carbocycles. The van der Waals surface area contributed by atoms with E-state index in [0.29, 0.717) is 32.2 Å². The zero-order chi connectivity index (χ0) is 22.4. The maximum absolute atomic E-state index is 11.9. The Labute approximate surface area is 191 Å². The van der Waals surface area contributed by atoms with E-state index < -0.39 is 0 Å². The van der Waals surface area contributed by atoms with Crippen LogP contribution in [0.1, 0.15) is 103 Å². The maximum Gasteiger partial charge on any atom is 0.305 e. The summed E-state index contributed by atoms with van der Waals surface area (Å²) in [6.07, 6.45) is 18.5. The Bertz CT molecular complexity index is 409. The van der Waals surface area contributed by atoms with E-state index in [1.54, 1.807) is 0 Å². The van der Waals surface area contributed by atoms with Crippen LogP contribution in [0.3, 0.4) is 0 Å². The fourth-order valence-electron chi connectivity index (χ4n) is 4.08. The number of hydrogen-bond donors (Lipinski definition) is 3. The predicted octanol–water partition coefficient (Wildman–Crippen LogP) is 4.34. The number of unbranched alkanes of at least 4 members (excludes halogenated alkanes) is 12. The first-order valence-electron chi connectivity index (χ1n) is 13.1. The number of ether oxygens (including phenoxy) is 2. The first kappa shape index (κ1) is 28.3. The Morgan fingerprint density at radius 1 is 0.903 bits per heavy atom. The van der Waals surface area contributed by atoms with Crippen molar-refractivity contribution in [2.24, 2.45) is 0 Å². The highest BCUT2D eigenvalue weighted by atomic mass is 16.6. The lowest BCUT2D eigenvalue weighted by Crippen LogP contribution is -2.36. The van der Waals surface area contributed by atoms with Crippen LogP contribution in [0.2, 0.25) is 0 Å². The number of carbonyl (C=O) groups is 1. The van der Waals surface area contributed by atoms with E-state index in [2.05, 4.69) is 17.6 Å². The number of hydrogen-bond acceptors (Lipinski definition) is 6. The largest absolute Gasteiger partial charge is 0.463 e. The second-order valence-electron chi connectivity index (χ2n) is 8.99. The quantitative estimate of drug-likeness (QED) is 0.171. The van der Waals surface area contributed by atoms with Crippen molar-refractivity contribution in [2.45, 2.75) is 115 Å². The first-order chi connectivity index (χ1) is 15.3. The van der Waals surface area contributed by atoms with Crippen molar-refractivity contribution < 1.29 is 19.4 Å². The lowest BCUT2D eigenvalue weighted by molar-refractivity contribution is -0.147. The van der Waals surface area contributed by atoms with Crippen LogP contribution < -0.4 is 10.6 Å². The van der Waals surface area contributed by atoms with Gasteiger partial charge in [0.15, 0.2) is 0 Å². The molecule has 6 nitrogen and oxygen atoms in total. The van der Waals surface area contributed by atoms with Crippen LogP contribution in [0.15, 0.2) is 0 Å². The third-order valence-corrected chi connectivity index (χ3v) is 6.02. The van der Waals surface area contributed by atoms with Crippen molar-refractivity contribution in [3.63, 3.8) is 0 Å². The molecule has 2 atom stereocenters. The molecule has 184 valence electrons. The van der Waals surface area contributed by atoms with Crippen molar-refractivity contribution >= 4 is 5.97 Å². The van der Waals surface area contributed by atoms with Gasteiger partial charge in [0, 0.05) is 32.1 Å². The number of rotatable bonds is 22. The highest BCUT2D eigenvalue weighted by molar-refractivity contribution is 5.69. The van der Waals surface area contributed by atoms with Crippen LogP contribution in [0.5, 0.6) is 0 Å². The molecule has 31 heavy (non-hydrogen) atoms. The van der Waals surface area contributed by atoms with E-state index in [1.807, 2.05) is 0 Å². The fourth-order valence-corrected chi connectivity index (χ4v) is 4.08. The standard InChI is InChI=1S/C25H50N2O4/c1-2-3-4-5-6-7-8-9-10-11-12-13-14-15-25(29)31-22-24-20-23(21-30-24)27-17-16-26-18-19-28/h23-24,26-28H,2-22H2,1H3/t23-,24+/m1/s1. The van der Waals surface area contributed by atoms with Gasteiger partial charge in [-0.1, -0.05) is 84.0 Å². The summed E-state index contributed by atoms with van der Waals surface area (Å²) in [5.74, 6) is -0.0868. The molecule has 0 spiro atoms. The maximum atomic E-state index is 11.9. The van der Waals surface area contributed by atoms with Crippen LogP contribution in [0.25, 0.3) is 0 Å². The average Bonchev–Trinajstić information content (AvgIpc) is 3.23. The van der Waals surface area contributed by atoms with E-state index in [0.717, 1.165) is 32.4 Å². The highest BCUT2D eigenvalue weighted by Crippen LogP contribution is 2.15. The highest BCUT2D eigenvalue weighted by Gasteiger charge is 2.25. The van der Waals surface area contributed by atoms with Crippen LogP contribution in [0, 0.1) is 0 Å². The molecule has 1 aliphatic heterocycles. The summed E-state index contributed by atoms with van der Waals surface area (Å²) in [7, 11) is 0. The second-order valence-corrected chi connectivity index (χ2v) is 8.99. The lowest BCUT2D eigenvalue weighted by Gasteiger charge is -2.12. The van der Waals surface area contributed by atoms with Crippen LogP contribution in [-0.2, 0) is 14.3 Å². The van der Waals surface area contributed by atoms with E-state index in [9.17, 15) is 4.79 Å². The molecule has 0 aromatic carbocycles. The topological polar surface area (TPSA) is 79.8 Å². The molecule has 6 heteroatoms. The fraction of sp³-hybridized carbons (Fsp3) is 0.960. The van der Waals surface area contributed by atoms with Crippen LogP contribution in [0.4, 0.5) is 0 Å². The summed E-state index contributed by atoms with van der Waals surface area (Å²) in [5.41, 5.74) is 0. The van der Waals surface area contributed by atoms with Crippen molar-refractivity contribution in [2.75, 3.05) is 39.5 Å². The van der Waals surface area contributed by atoms with E-state index >= 15 is 0 Å². The van der Waals surface area contributed by atoms with Crippen molar-refractivity contribution in [3.8, 4) is 0 Å². The molecule has 0 radical (unpaired) electrons. The molecule has 1 heterocycles. The normalized spacial score (nSPS) is 18.5. The molecule has 0 aromatic heterocycles. The van der Waals surface area contributed by atoms with Gasteiger partial charge < -0.3 is 25.2 Å². The smallest absolute Gasteiger partial charge is 0.305 e. The van der Waals surface area contributed by atoms with E-state index in [1.165, 1.54) is 70.6 Å². The third kappa shape index (κ3) is 17.5. The van der Waals surface area contributed by atoms with Gasteiger partial charge in [0.25, 0.3) is 0 Å². The molecule has 1 fully saturated rings. The van der Waals surface area contributed by atoms with Crippen molar-refractivity contribution in [3.05, 3.63) is 0 Å². The molecular formula is C25H50N2O4.